The smallest absolute Gasteiger partial charge is 0.159 e. The zero-order chi connectivity index (χ0) is 29.8. The maximum absolute atomic E-state index is 10.5. The molecule has 0 saturated heterocycles. The highest BCUT2D eigenvalue weighted by Crippen LogP contribution is 2.27. The summed E-state index contributed by atoms with van der Waals surface area (Å²) in [5.74, 6) is 1.94. The van der Waals surface area contributed by atoms with E-state index in [2.05, 4.69) is 50.7 Å². The monoisotopic (exact) mass is 554 g/mol. The Balaban J connectivity index is 0.000000214. The molecule has 0 unspecified atom stereocenters. The number of aryl methyl sites for hydroxylation is 1. The first-order chi connectivity index (χ1) is 19.7. The lowest BCUT2D eigenvalue weighted by Gasteiger charge is -2.22. The number of benzene rings is 1. The summed E-state index contributed by atoms with van der Waals surface area (Å²) in [6, 6.07) is 15.4. The predicted octanol–water partition coefficient (Wildman–Crippen LogP) is 5.97. The van der Waals surface area contributed by atoms with Gasteiger partial charge in [0, 0.05) is 68.1 Å². The van der Waals surface area contributed by atoms with Gasteiger partial charge in [0.2, 0.25) is 0 Å². The van der Waals surface area contributed by atoms with E-state index in [0.717, 1.165) is 59.4 Å². The van der Waals surface area contributed by atoms with Crippen molar-refractivity contribution in [2.24, 2.45) is 5.92 Å². The Morgan fingerprint density at radius 1 is 0.902 bits per heavy atom. The molecular formula is C32H38N6O3. The van der Waals surface area contributed by atoms with Crippen LogP contribution in [-0.4, -0.2) is 53.7 Å². The lowest BCUT2D eigenvalue weighted by atomic mass is 10.0. The Morgan fingerprint density at radius 2 is 1.63 bits per heavy atom. The highest BCUT2D eigenvalue weighted by Gasteiger charge is 2.21. The predicted molar refractivity (Wildman–Crippen MR) is 163 cm³/mol. The highest BCUT2D eigenvalue weighted by molar-refractivity contribution is 5.74. The molecule has 0 bridgehead atoms. The number of aldehydes is 2. The number of anilines is 2. The van der Waals surface area contributed by atoms with E-state index in [4.69, 9.17) is 9.72 Å². The Morgan fingerprint density at radius 3 is 2.24 bits per heavy atom. The third kappa shape index (κ3) is 9.01. The topological polar surface area (TPSA) is 119 Å². The zero-order valence-electron chi connectivity index (χ0n) is 24.5. The van der Waals surface area contributed by atoms with Gasteiger partial charge in [-0.15, -0.1) is 0 Å². The van der Waals surface area contributed by atoms with Gasteiger partial charge in [0.1, 0.15) is 24.0 Å². The van der Waals surface area contributed by atoms with E-state index in [1.807, 2.05) is 46.1 Å². The number of hydrogen-bond donors (Lipinski definition) is 2. The molecule has 3 heterocycles. The molecule has 9 heteroatoms. The number of carbonyl (C=O) groups is 2. The normalized spacial score (nSPS) is 12.1. The van der Waals surface area contributed by atoms with Crippen LogP contribution in [-0.2, 0) is 15.1 Å². The molecule has 9 nitrogen and oxygen atoms in total. The second kappa shape index (κ2) is 14.8. The Labute approximate surface area is 241 Å². The zero-order valence-corrected chi connectivity index (χ0v) is 24.5. The average Bonchev–Trinajstić information content (AvgIpc) is 3.87. The van der Waals surface area contributed by atoms with Gasteiger partial charge in [-0.1, -0.05) is 6.07 Å². The molecule has 1 aromatic carbocycles. The lowest BCUT2D eigenvalue weighted by molar-refractivity contribution is -0.108. The fourth-order valence-electron chi connectivity index (χ4n) is 3.59. The van der Waals surface area contributed by atoms with Crippen LogP contribution in [0, 0.1) is 12.8 Å². The van der Waals surface area contributed by atoms with Crippen molar-refractivity contribution in [1.29, 1.82) is 0 Å². The molecule has 2 N–H and O–H groups in total. The van der Waals surface area contributed by atoms with Crippen LogP contribution in [0.5, 0.6) is 0 Å². The van der Waals surface area contributed by atoms with E-state index in [1.165, 1.54) is 5.56 Å². The van der Waals surface area contributed by atoms with Crippen molar-refractivity contribution in [2.75, 3.05) is 31.8 Å². The Hall–Kier alpha value is -4.50. The van der Waals surface area contributed by atoms with Crippen LogP contribution in [0.4, 0.5) is 11.5 Å². The van der Waals surface area contributed by atoms with E-state index < -0.39 is 5.60 Å². The molecule has 0 radical (unpaired) electrons. The number of nitrogens with zero attached hydrogens (tertiary/aromatic N) is 4. The largest absolute Gasteiger partial charge is 0.388 e. The van der Waals surface area contributed by atoms with Gasteiger partial charge in [-0.2, -0.15) is 0 Å². The number of aromatic nitrogens is 4. The quantitative estimate of drug-likeness (QED) is 0.254. The van der Waals surface area contributed by atoms with E-state index in [-0.39, 0.29) is 0 Å². The summed E-state index contributed by atoms with van der Waals surface area (Å²) in [5.41, 5.74) is 6.13. The lowest BCUT2D eigenvalue weighted by Crippen LogP contribution is -2.21. The van der Waals surface area contributed by atoms with Gasteiger partial charge in [0.15, 0.2) is 5.82 Å². The maximum atomic E-state index is 10.5. The molecule has 214 valence electrons. The van der Waals surface area contributed by atoms with Gasteiger partial charge in [-0.3, -0.25) is 9.78 Å². The summed E-state index contributed by atoms with van der Waals surface area (Å²) >= 11 is 0. The Bertz CT molecular complexity index is 1450. The summed E-state index contributed by atoms with van der Waals surface area (Å²) in [6.45, 7) is 5.90. The van der Waals surface area contributed by atoms with Crippen LogP contribution in [0.1, 0.15) is 48.3 Å². The first kappa shape index (κ1) is 31.0. The fourth-order valence-corrected chi connectivity index (χ4v) is 3.59. The van der Waals surface area contributed by atoms with Gasteiger partial charge in [-0.05, 0) is 81.6 Å². The van der Waals surface area contributed by atoms with Crippen molar-refractivity contribution in [3.8, 4) is 22.6 Å². The summed E-state index contributed by atoms with van der Waals surface area (Å²) in [7, 11) is 5.38. The number of pyridine rings is 2. The molecule has 3 aromatic heterocycles. The van der Waals surface area contributed by atoms with Crippen LogP contribution in [0.2, 0.25) is 0 Å². The first-order valence-electron chi connectivity index (χ1n) is 13.4. The second-order valence-corrected chi connectivity index (χ2v) is 10.0. The number of carbonyl (C=O) groups excluding carboxylic acids is 2. The van der Waals surface area contributed by atoms with Crippen molar-refractivity contribution in [1.82, 2.24) is 19.9 Å². The van der Waals surface area contributed by atoms with Crippen molar-refractivity contribution in [2.45, 2.75) is 39.2 Å². The van der Waals surface area contributed by atoms with Crippen LogP contribution in [0.25, 0.3) is 22.6 Å². The number of ether oxygens (including phenoxy) is 1. The van der Waals surface area contributed by atoms with Crippen LogP contribution in [0.3, 0.4) is 0 Å². The molecule has 0 atom stereocenters. The minimum absolute atomic E-state index is 0.445. The van der Waals surface area contributed by atoms with Crippen molar-refractivity contribution in [3.05, 3.63) is 83.9 Å². The summed E-state index contributed by atoms with van der Waals surface area (Å²) in [6.07, 6.45) is 9.27. The molecule has 1 fully saturated rings. The molecule has 0 amide bonds. The van der Waals surface area contributed by atoms with Crippen molar-refractivity contribution in [3.63, 3.8) is 0 Å². The van der Waals surface area contributed by atoms with Crippen molar-refractivity contribution >= 4 is 24.1 Å². The summed E-state index contributed by atoms with van der Waals surface area (Å²) in [5, 5.41) is 6.20. The van der Waals surface area contributed by atoms with E-state index >= 15 is 0 Å². The van der Waals surface area contributed by atoms with E-state index in [9.17, 15) is 9.59 Å². The molecule has 1 aliphatic rings. The summed E-state index contributed by atoms with van der Waals surface area (Å²) < 4.78 is 5.24. The first-order valence-corrected chi connectivity index (χ1v) is 13.4. The van der Waals surface area contributed by atoms with Crippen molar-refractivity contribution < 1.29 is 14.3 Å². The van der Waals surface area contributed by atoms with Gasteiger partial charge in [0.05, 0.1) is 11.4 Å². The number of nitrogens with one attached hydrogen (secondary N) is 2. The van der Waals surface area contributed by atoms with Crippen LogP contribution in [0.15, 0.2) is 67.1 Å². The molecule has 0 spiro atoms. The molecule has 0 aliphatic heterocycles. The van der Waals surface area contributed by atoms with Gasteiger partial charge >= 0.3 is 0 Å². The maximum Gasteiger partial charge on any atom is 0.159 e. The van der Waals surface area contributed by atoms with Gasteiger partial charge in [-0.25, -0.2) is 15.0 Å². The Kier molecular flexibility index (Phi) is 11.2. The highest BCUT2D eigenvalue weighted by atomic mass is 16.5. The van der Waals surface area contributed by atoms with E-state index in [0.29, 0.717) is 17.3 Å². The molecule has 1 aliphatic carbocycles. The third-order valence-electron chi connectivity index (χ3n) is 6.59. The molecule has 41 heavy (non-hydrogen) atoms. The number of hydrogen-bond acceptors (Lipinski definition) is 9. The van der Waals surface area contributed by atoms with Gasteiger partial charge in [0.25, 0.3) is 0 Å². The van der Waals surface area contributed by atoms with Crippen LogP contribution >= 0.6 is 0 Å². The van der Waals surface area contributed by atoms with Crippen LogP contribution < -0.4 is 10.6 Å². The molecule has 1 saturated carbocycles. The molecule has 4 aromatic rings. The molecule has 5 rings (SSSR count). The average molecular weight is 555 g/mol. The number of methoxy groups -OCH3 is 1. The SMILES string of the molecule is CNc1ccc(C)c(-c2ccnc(-c3ccnc(NC)c3)n2)c1.COC(C)(C)c1cc(C=O)ccn1.O=CC1CC1. The van der Waals surface area contributed by atoms with Gasteiger partial charge < -0.3 is 20.2 Å². The standard InChI is InChI=1S/C18H19N5.C10H13NO2.C4H6O/c1-12-4-5-14(19-2)11-15(12)16-7-9-22-18(23-16)13-6-8-21-17(10-13)20-3;1-10(2,13-3)9-6-8(7-12)4-5-11-9;5-3-4-1-2-4/h4-11,19H,1-3H3,(H,20,21);4-7H,1-3H3;3-4H,1-2H2. The fraction of sp³-hybridized carbons (Fsp3) is 0.312. The second-order valence-electron chi connectivity index (χ2n) is 10.0. The minimum Gasteiger partial charge on any atom is -0.388 e. The summed E-state index contributed by atoms with van der Waals surface area (Å²) in [4.78, 5) is 37.6. The van der Waals surface area contributed by atoms with E-state index in [1.54, 1.807) is 37.8 Å². The third-order valence-corrected chi connectivity index (χ3v) is 6.59. The molecular weight excluding hydrogens is 516 g/mol. The minimum atomic E-state index is -0.445. The number of rotatable bonds is 8.